The van der Waals surface area contributed by atoms with Gasteiger partial charge in [0.05, 0.1) is 6.26 Å². The summed E-state index contributed by atoms with van der Waals surface area (Å²) in [6.07, 6.45) is 5.06. The number of nitrogens with zero attached hydrogens (tertiary/aromatic N) is 1. The number of halogens is 1. The molecular formula is C15H10FNO. The Morgan fingerprint density at radius 1 is 0.833 bits per heavy atom. The van der Waals surface area contributed by atoms with E-state index in [-0.39, 0.29) is 5.82 Å². The highest BCUT2D eigenvalue weighted by atomic mass is 19.1. The minimum absolute atomic E-state index is 0.243. The maximum atomic E-state index is 12.9. The number of benzene rings is 1. The van der Waals surface area contributed by atoms with E-state index in [0.717, 1.165) is 22.5 Å². The van der Waals surface area contributed by atoms with Crippen molar-refractivity contribution < 1.29 is 8.81 Å². The summed E-state index contributed by atoms with van der Waals surface area (Å²) in [5, 5.41) is 0. The lowest BCUT2D eigenvalue weighted by atomic mass is 10.0. The van der Waals surface area contributed by atoms with Gasteiger partial charge in [0.15, 0.2) is 0 Å². The second kappa shape index (κ2) is 4.45. The van der Waals surface area contributed by atoms with Gasteiger partial charge in [-0.15, -0.1) is 0 Å². The van der Waals surface area contributed by atoms with E-state index in [1.165, 1.54) is 12.1 Å². The lowest BCUT2D eigenvalue weighted by Crippen LogP contribution is -1.81. The van der Waals surface area contributed by atoms with Crippen molar-refractivity contribution in [2.75, 3.05) is 0 Å². The normalized spacial score (nSPS) is 10.5. The molecule has 2 heterocycles. The molecule has 0 saturated carbocycles. The van der Waals surface area contributed by atoms with Crippen LogP contribution in [-0.4, -0.2) is 4.98 Å². The Hall–Kier alpha value is -2.42. The maximum Gasteiger partial charge on any atom is 0.141 e. The molecule has 0 amide bonds. The van der Waals surface area contributed by atoms with E-state index in [1.54, 1.807) is 30.8 Å². The van der Waals surface area contributed by atoms with Crippen LogP contribution < -0.4 is 0 Å². The molecule has 0 radical (unpaired) electrons. The fourth-order valence-corrected chi connectivity index (χ4v) is 1.89. The molecule has 2 nitrogen and oxygen atoms in total. The van der Waals surface area contributed by atoms with E-state index in [1.807, 2.05) is 18.2 Å². The summed E-state index contributed by atoms with van der Waals surface area (Å²) in [4.78, 5) is 3.98. The molecule has 3 rings (SSSR count). The van der Waals surface area contributed by atoms with Crippen LogP contribution in [0.2, 0.25) is 0 Å². The second-order valence-electron chi connectivity index (χ2n) is 3.91. The number of pyridine rings is 1. The van der Waals surface area contributed by atoms with E-state index >= 15 is 0 Å². The molecule has 0 fully saturated rings. The molecule has 1 aromatic carbocycles. The molecule has 0 spiro atoms. The summed E-state index contributed by atoms with van der Waals surface area (Å²) < 4.78 is 18.4. The maximum absolute atomic E-state index is 12.9. The standard InChI is InChI=1S/C15H10FNO/c16-13-3-1-11(2-4-13)14-7-10-18-15(14)12-5-8-17-9-6-12/h1-10H. The van der Waals surface area contributed by atoms with Crippen LogP contribution in [0.25, 0.3) is 22.5 Å². The summed E-state index contributed by atoms with van der Waals surface area (Å²) >= 11 is 0. The molecular weight excluding hydrogens is 229 g/mol. The molecule has 0 aliphatic rings. The number of hydrogen-bond acceptors (Lipinski definition) is 2. The van der Waals surface area contributed by atoms with E-state index in [0.29, 0.717) is 0 Å². The van der Waals surface area contributed by atoms with Crippen molar-refractivity contribution in [2.24, 2.45) is 0 Å². The van der Waals surface area contributed by atoms with Crippen LogP contribution in [0.5, 0.6) is 0 Å². The van der Waals surface area contributed by atoms with Crippen LogP contribution in [-0.2, 0) is 0 Å². The molecule has 0 atom stereocenters. The highest BCUT2D eigenvalue weighted by molar-refractivity contribution is 5.79. The third-order valence-corrected chi connectivity index (χ3v) is 2.76. The van der Waals surface area contributed by atoms with Crippen molar-refractivity contribution in [3.63, 3.8) is 0 Å². The van der Waals surface area contributed by atoms with E-state index < -0.39 is 0 Å². The first-order valence-corrected chi connectivity index (χ1v) is 5.58. The molecule has 2 aromatic heterocycles. The Kier molecular flexibility index (Phi) is 2.65. The van der Waals surface area contributed by atoms with Crippen molar-refractivity contribution in [3.8, 4) is 22.5 Å². The molecule has 0 N–H and O–H groups in total. The number of aromatic nitrogens is 1. The molecule has 0 aliphatic heterocycles. The summed E-state index contributed by atoms with van der Waals surface area (Å²) in [5.74, 6) is 0.525. The van der Waals surface area contributed by atoms with Gasteiger partial charge in [0.25, 0.3) is 0 Å². The van der Waals surface area contributed by atoms with E-state index in [9.17, 15) is 4.39 Å². The minimum atomic E-state index is -0.243. The van der Waals surface area contributed by atoms with Crippen LogP contribution >= 0.6 is 0 Å². The van der Waals surface area contributed by atoms with Crippen LogP contribution in [0, 0.1) is 5.82 Å². The summed E-state index contributed by atoms with van der Waals surface area (Å²) in [5.41, 5.74) is 2.83. The Bertz CT molecular complexity index is 644. The predicted molar refractivity (Wildman–Crippen MR) is 67.3 cm³/mol. The summed E-state index contributed by atoms with van der Waals surface area (Å²) in [6, 6.07) is 12.0. The van der Waals surface area contributed by atoms with Crippen molar-refractivity contribution in [3.05, 3.63) is 66.9 Å². The fourth-order valence-electron chi connectivity index (χ4n) is 1.89. The Morgan fingerprint density at radius 3 is 2.28 bits per heavy atom. The van der Waals surface area contributed by atoms with Gasteiger partial charge >= 0.3 is 0 Å². The van der Waals surface area contributed by atoms with E-state index in [2.05, 4.69) is 4.98 Å². The van der Waals surface area contributed by atoms with Gasteiger partial charge in [-0.25, -0.2) is 4.39 Å². The lowest BCUT2D eigenvalue weighted by Gasteiger charge is -2.02. The zero-order valence-corrected chi connectivity index (χ0v) is 9.51. The van der Waals surface area contributed by atoms with Gasteiger partial charge in [-0.05, 0) is 35.9 Å². The average Bonchev–Trinajstić information content (AvgIpc) is 2.90. The van der Waals surface area contributed by atoms with Gasteiger partial charge in [-0.1, -0.05) is 12.1 Å². The molecule has 0 saturated heterocycles. The van der Waals surface area contributed by atoms with Gasteiger partial charge in [0.2, 0.25) is 0 Å². The van der Waals surface area contributed by atoms with Crippen molar-refractivity contribution in [1.29, 1.82) is 0 Å². The second-order valence-corrected chi connectivity index (χ2v) is 3.91. The number of furan rings is 1. The molecule has 0 bridgehead atoms. The fraction of sp³-hybridized carbons (Fsp3) is 0. The zero-order chi connectivity index (χ0) is 12.4. The predicted octanol–water partition coefficient (Wildman–Crippen LogP) is 4.15. The van der Waals surface area contributed by atoms with Crippen LogP contribution in [0.1, 0.15) is 0 Å². The smallest absolute Gasteiger partial charge is 0.141 e. The van der Waals surface area contributed by atoms with Gasteiger partial charge in [-0.3, -0.25) is 4.98 Å². The largest absolute Gasteiger partial charge is 0.464 e. The first-order chi connectivity index (χ1) is 8.84. The first kappa shape index (κ1) is 10.7. The third kappa shape index (κ3) is 1.91. The van der Waals surface area contributed by atoms with Crippen LogP contribution in [0.4, 0.5) is 4.39 Å². The monoisotopic (exact) mass is 239 g/mol. The SMILES string of the molecule is Fc1ccc(-c2ccoc2-c2ccncc2)cc1. The number of rotatable bonds is 2. The molecule has 88 valence electrons. The lowest BCUT2D eigenvalue weighted by molar-refractivity contribution is 0.583. The van der Waals surface area contributed by atoms with E-state index in [4.69, 9.17) is 4.42 Å². The first-order valence-electron chi connectivity index (χ1n) is 5.58. The van der Waals surface area contributed by atoms with Crippen molar-refractivity contribution in [2.45, 2.75) is 0 Å². The Balaban J connectivity index is 2.10. The van der Waals surface area contributed by atoms with Gasteiger partial charge in [0, 0.05) is 23.5 Å². The minimum Gasteiger partial charge on any atom is -0.464 e. The highest BCUT2D eigenvalue weighted by Gasteiger charge is 2.10. The summed E-state index contributed by atoms with van der Waals surface area (Å²) in [6.45, 7) is 0. The van der Waals surface area contributed by atoms with Crippen molar-refractivity contribution >= 4 is 0 Å². The average molecular weight is 239 g/mol. The molecule has 3 aromatic rings. The van der Waals surface area contributed by atoms with Crippen molar-refractivity contribution in [1.82, 2.24) is 4.98 Å². The molecule has 3 heteroatoms. The molecule has 18 heavy (non-hydrogen) atoms. The highest BCUT2D eigenvalue weighted by Crippen LogP contribution is 2.32. The summed E-state index contributed by atoms with van der Waals surface area (Å²) in [7, 11) is 0. The Morgan fingerprint density at radius 2 is 1.56 bits per heavy atom. The zero-order valence-electron chi connectivity index (χ0n) is 9.51. The Labute approximate surface area is 104 Å². The van der Waals surface area contributed by atoms with Crippen LogP contribution in [0.15, 0.2) is 65.5 Å². The molecule has 0 unspecified atom stereocenters. The van der Waals surface area contributed by atoms with Gasteiger partial charge in [-0.2, -0.15) is 0 Å². The topological polar surface area (TPSA) is 26.0 Å². The van der Waals surface area contributed by atoms with Crippen LogP contribution in [0.3, 0.4) is 0 Å². The van der Waals surface area contributed by atoms with Gasteiger partial charge < -0.3 is 4.42 Å². The van der Waals surface area contributed by atoms with Gasteiger partial charge in [0.1, 0.15) is 11.6 Å². The quantitative estimate of drug-likeness (QED) is 0.671. The molecule has 0 aliphatic carbocycles. The number of hydrogen-bond donors (Lipinski definition) is 0. The third-order valence-electron chi connectivity index (χ3n) is 2.76.